The Balaban J connectivity index is -0.0000000341. The molecular weight excluding hydrogens is 776 g/mol. The quantitative estimate of drug-likeness (QED) is 0.0321. The molecule has 288 valence electrons. The average Bonchev–Trinajstić information content (AvgIpc) is 2.92. The van der Waals surface area contributed by atoms with Crippen molar-refractivity contribution in [1.29, 1.82) is 0 Å². The molecule has 12 N–H and O–H groups in total. The van der Waals surface area contributed by atoms with E-state index in [1.54, 1.807) is 19.6 Å². The normalized spacial score (nSPS) is 9.00. The van der Waals surface area contributed by atoms with Crippen molar-refractivity contribution in [2.24, 2.45) is 0 Å². The van der Waals surface area contributed by atoms with E-state index in [0.717, 1.165) is 0 Å². The number of hydrogen-bond acceptors (Lipinski definition) is 16. The van der Waals surface area contributed by atoms with E-state index in [9.17, 15) is 0 Å². The van der Waals surface area contributed by atoms with Gasteiger partial charge in [0.15, 0.2) is 0 Å². The summed E-state index contributed by atoms with van der Waals surface area (Å²) in [6.07, 6.45) is 0. The van der Waals surface area contributed by atoms with E-state index >= 15 is 0 Å². The number of hydrogen-bond donors (Lipinski definition) is 12. The topological polar surface area (TPSA) is 256 Å². The minimum Gasteiger partial charge on any atom is -0.395 e. The van der Waals surface area contributed by atoms with Crippen molar-refractivity contribution >= 4 is 0 Å². The third-order valence-corrected chi connectivity index (χ3v) is 4.99. The Bertz CT molecular complexity index is 318. The molecule has 0 aromatic carbocycles. The summed E-state index contributed by atoms with van der Waals surface area (Å²) >= 11 is 0. The van der Waals surface area contributed by atoms with Gasteiger partial charge in [-0.3, -0.25) is 19.6 Å². The molecule has 0 aliphatic carbocycles. The molecule has 0 unspecified atom stereocenters. The van der Waals surface area contributed by atoms with Crippen LogP contribution in [-0.4, -0.2) is 239 Å². The van der Waals surface area contributed by atoms with Crippen molar-refractivity contribution in [3.63, 3.8) is 0 Å². The van der Waals surface area contributed by atoms with E-state index in [1.165, 1.54) is 0 Å². The van der Waals surface area contributed by atoms with Crippen molar-refractivity contribution in [2.75, 3.05) is 158 Å². The van der Waals surface area contributed by atoms with E-state index < -0.39 is 0 Å². The van der Waals surface area contributed by atoms with Crippen molar-refractivity contribution in [1.82, 2.24) is 19.6 Å². The Morgan fingerprint density at radius 1 is 0.188 bits per heavy atom. The number of aliphatic hydroxyl groups excluding tert-OH is 12. The first-order valence-corrected chi connectivity index (χ1v) is 13.6. The third-order valence-electron chi connectivity index (χ3n) is 4.99. The van der Waals surface area contributed by atoms with Crippen molar-refractivity contribution in [3.8, 4) is 0 Å². The maximum absolute atomic E-state index is 8.48. The van der Waals surface area contributed by atoms with E-state index in [1.807, 2.05) is 0 Å². The van der Waals surface area contributed by atoms with Gasteiger partial charge in [0, 0.05) is 78.5 Å². The number of aliphatic hydroxyl groups is 12. The molecule has 0 spiro atoms. The molecule has 48 heavy (non-hydrogen) atoms. The van der Waals surface area contributed by atoms with Gasteiger partial charge in [-0.05, 0) is 0 Å². The fourth-order valence-corrected chi connectivity index (χ4v) is 3.04. The summed E-state index contributed by atoms with van der Waals surface area (Å²) in [5.41, 5.74) is 0. The molecule has 0 aromatic heterocycles. The van der Waals surface area contributed by atoms with Gasteiger partial charge in [-0.25, -0.2) is 0 Å². The van der Waals surface area contributed by atoms with Gasteiger partial charge in [0.25, 0.3) is 0 Å². The second-order valence-electron chi connectivity index (χ2n) is 8.05. The fourth-order valence-electron chi connectivity index (χ4n) is 3.04. The van der Waals surface area contributed by atoms with Crippen LogP contribution in [0.25, 0.3) is 0 Å². The molecule has 0 fully saturated rings. The Labute approximate surface area is 352 Å². The first-order valence-electron chi connectivity index (χ1n) is 13.6. The van der Waals surface area contributed by atoms with Gasteiger partial charge in [0.05, 0.1) is 79.3 Å². The van der Waals surface area contributed by atoms with Gasteiger partial charge in [-0.1, -0.05) is 0 Å². The maximum atomic E-state index is 8.48. The molecule has 0 saturated carbocycles. The monoisotopic (exact) mass is 848 g/mol. The summed E-state index contributed by atoms with van der Waals surface area (Å²) in [7, 11) is 0. The molecule has 0 aromatic rings. The van der Waals surface area contributed by atoms with Crippen LogP contribution in [0.15, 0.2) is 0 Å². The van der Waals surface area contributed by atoms with E-state index in [4.69, 9.17) is 61.3 Å². The molecule has 0 bridgehead atoms. The van der Waals surface area contributed by atoms with Gasteiger partial charge in [-0.2, -0.15) is 0 Å². The zero-order valence-electron chi connectivity index (χ0n) is 30.1. The number of nitrogens with zero attached hydrogens (tertiary/aromatic N) is 4. The van der Waals surface area contributed by atoms with Crippen LogP contribution in [0.1, 0.15) is 0 Å². The minimum atomic E-state index is 0. The predicted octanol–water partition coefficient (Wildman–Crippen LogP) is -5.15. The summed E-state index contributed by atoms with van der Waals surface area (Å²) in [6.45, 7) is 7.01. The third kappa shape index (κ3) is 73.6. The Kier molecular flexibility index (Phi) is 136. The summed E-state index contributed by atoms with van der Waals surface area (Å²) in [6, 6.07) is 0. The molecule has 0 atom stereocenters. The first kappa shape index (κ1) is 83.3. The summed E-state index contributed by atoms with van der Waals surface area (Å²) < 4.78 is 0. The van der Waals surface area contributed by atoms with E-state index in [0.29, 0.717) is 78.5 Å². The van der Waals surface area contributed by atoms with Crippen LogP contribution in [0, 0.1) is 29.7 Å². The van der Waals surface area contributed by atoms with E-state index in [-0.39, 0.29) is 196 Å². The fraction of sp³-hybridized carbons (Fsp3) is 0.857. The van der Waals surface area contributed by atoms with Gasteiger partial charge in [0.2, 0.25) is 0 Å². The molecule has 0 aliphatic heterocycles. The van der Waals surface area contributed by atoms with Crippen LogP contribution >= 0.6 is 0 Å². The van der Waals surface area contributed by atoms with Gasteiger partial charge in [0.1, 0.15) is 0 Å². The van der Waals surface area contributed by atoms with E-state index in [2.05, 4.69) is 0 Å². The molecule has 0 saturated heterocycles. The largest absolute Gasteiger partial charge is 2.00 e. The van der Waals surface area contributed by atoms with Gasteiger partial charge < -0.3 is 91.0 Å². The van der Waals surface area contributed by atoms with Gasteiger partial charge in [-0.15, -0.1) is 0 Å². The van der Waals surface area contributed by atoms with Crippen LogP contribution < -0.4 is 0 Å². The first-order chi connectivity index (χ1) is 19.4. The Morgan fingerprint density at radius 2 is 0.250 bits per heavy atom. The van der Waals surface area contributed by atoms with Crippen LogP contribution in [-0.2, 0) is 86.9 Å². The molecular formula is C28H72N4O12Ti4+4. The van der Waals surface area contributed by atoms with Crippen LogP contribution in [0.4, 0.5) is 0 Å². The summed E-state index contributed by atoms with van der Waals surface area (Å²) in [5.74, 6) is 0. The summed E-state index contributed by atoms with van der Waals surface area (Å²) in [5, 5.41) is 102. The predicted molar refractivity (Wildman–Crippen MR) is 176 cm³/mol. The molecule has 0 heterocycles. The van der Waals surface area contributed by atoms with Crippen molar-refractivity contribution < 1.29 is 148 Å². The minimum absolute atomic E-state index is 0. The average molecular weight is 848 g/mol. The van der Waals surface area contributed by atoms with Crippen LogP contribution in [0.3, 0.4) is 0 Å². The summed E-state index contributed by atoms with van der Waals surface area (Å²) in [4.78, 5) is 7.17. The molecule has 0 amide bonds. The Morgan fingerprint density at radius 3 is 0.292 bits per heavy atom. The zero-order valence-corrected chi connectivity index (χ0v) is 36.4. The molecule has 0 aliphatic rings. The van der Waals surface area contributed by atoms with Crippen LogP contribution in [0.5, 0.6) is 0 Å². The smallest absolute Gasteiger partial charge is 0.395 e. The molecule has 20 heteroatoms. The SMILES string of the molecule is OCCN(CCO)CCO.OCCN(CCO)CCO.OCCN(CCO)CCO.OCCN(CCO)CCO.[CH3-].[CH3-].[CH3-].[CH3-].[Ti+2].[Ti+2].[Ti+2].[Ti+2]. The number of rotatable bonds is 24. The second-order valence-corrected chi connectivity index (χ2v) is 8.05. The Hall–Kier alpha value is 2.22. The zero-order chi connectivity index (χ0) is 31.3. The van der Waals surface area contributed by atoms with Crippen LogP contribution in [0.2, 0.25) is 0 Å². The molecule has 0 rings (SSSR count). The standard InChI is InChI=1S/4C6H15NO3.4CH3.4Ti/c4*8-4-1-7(2-5-9)3-6-10;;;;;;;;/h4*8-10H,1-6H2;4*1H3;;;;/q;;;;4*-1;4*+2. The van der Waals surface area contributed by atoms with Gasteiger partial charge >= 0.3 is 86.9 Å². The molecule has 0 radical (unpaired) electrons. The molecule has 16 nitrogen and oxygen atoms in total. The van der Waals surface area contributed by atoms with Crippen molar-refractivity contribution in [3.05, 3.63) is 29.7 Å². The van der Waals surface area contributed by atoms with Crippen molar-refractivity contribution in [2.45, 2.75) is 0 Å². The second kappa shape index (κ2) is 78.3. The maximum Gasteiger partial charge on any atom is 2.00 e.